The molecular formula is C10H10F3N. The summed E-state index contributed by atoms with van der Waals surface area (Å²) in [5.74, 6) is -3.33. The topological polar surface area (TPSA) is 12.0 Å². The molecular weight excluding hydrogens is 191 g/mol. The lowest BCUT2D eigenvalue weighted by atomic mass is 10.0. The Labute approximate surface area is 79.9 Å². The monoisotopic (exact) mass is 201 g/mol. The van der Waals surface area contributed by atoms with Crippen LogP contribution >= 0.6 is 0 Å². The molecule has 0 aliphatic carbocycles. The quantitative estimate of drug-likeness (QED) is 0.680. The smallest absolute Gasteiger partial charge is 0.275 e. The van der Waals surface area contributed by atoms with Crippen molar-refractivity contribution in [1.29, 1.82) is 0 Å². The van der Waals surface area contributed by atoms with Gasteiger partial charge in [0.15, 0.2) is 0 Å². The Hall–Kier alpha value is -1.19. The minimum absolute atomic E-state index is 0.101. The number of fused-ring (bicyclic) bond motifs is 1. The van der Waals surface area contributed by atoms with Crippen LogP contribution < -0.4 is 5.32 Å². The molecule has 0 bridgehead atoms. The van der Waals surface area contributed by atoms with E-state index in [2.05, 4.69) is 5.32 Å². The van der Waals surface area contributed by atoms with E-state index >= 15 is 0 Å². The minimum Gasteiger partial charge on any atom is -0.385 e. The summed E-state index contributed by atoms with van der Waals surface area (Å²) in [4.78, 5) is 0. The highest BCUT2D eigenvalue weighted by atomic mass is 19.3. The summed E-state index contributed by atoms with van der Waals surface area (Å²) in [5.41, 5.74) is 0.115. The molecule has 2 rings (SSSR count). The van der Waals surface area contributed by atoms with Crippen molar-refractivity contribution in [3.63, 3.8) is 0 Å². The van der Waals surface area contributed by atoms with E-state index in [0.717, 1.165) is 18.2 Å². The van der Waals surface area contributed by atoms with Crippen molar-refractivity contribution in [2.24, 2.45) is 0 Å². The Morgan fingerprint density at radius 3 is 2.86 bits per heavy atom. The maximum absolute atomic E-state index is 13.4. The van der Waals surface area contributed by atoms with Crippen molar-refractivity contribution in [3.8, 4) is 0 Å². The Morgan fingerprint density at radius 2 is 2.07 bits per heavy atom. The Bertz CT molecular complexity index is 349. The van der Waals surface area contributed by atoms with Gasteiger partial charge in [-0.1, -0.05) is 0 Å². The van der Waals surface area contributed by atoms with Crippen LogP contribution in [0.3, 0.4) is 0 Å². The average Bonchev–Trinajstić information content (AvgIpc) is 2.25. The summed E-state index contributed by atoms with van der Waals surface area (Å²) in [6.07, 6.45) is 0.210. The maximum atomic E-state index is 13.4. The number of alkyl halides is 2. The highest BCUT2D eigenvalue weighted by Crippen LogP contribution is 2.39. The van der Waals surface area contributed by atoms with Crippen molar-refractivity contribution >= 4 is 5.69 Å². The third-order valence-corrected chi connectivity index (χ3v) is 2.36. The predicted octanol–water partition coefficient (Wildman–Crippen LogP) is 3.12. The van der Waals surface area contributed by atoms with Crippen molar-refractivity contribution in [2.45, 2.75) is 18.8 Å². The molecule has 0 atom stereocenters. The third kappa shape index (κ3) is 1.56. The molecule has 0 unspecified atom stereocenters. The standard InChI is InChI=1S/C10H10F3N/c11-7-2-3-8-9(6-7)14-5-1-4-10(8,12)13/h2-3,6,14H,1,4-5H2. The summed E-state index contributed by atoms with van der Waals surface area (Å²) in [6, 6.07) is 3.34. The van der Waals surface area contributed by atoms with Gasteiger partial charge in [-0.3, -0.25) is 0 Å². The van der Waals surface area contributed by atoms with Crippen LogP contribution in [0.4, 0.5) is 18.9 Å². The van der Waals surface area contributed by atoms with Gasteiger partial charge in [0.2, 0.25) is 0 Å². The van der Waals surface area contributed by atoms with Gasteiger partial charge in [-0.05, 0) is 24.6 Å². The summed E-state index contributed by atoms with van der Waals surface area (Å²) in [7, 11) is 0. The molecule has 1 aliphatic heterocycles. The first kappa shape index (κ1) is 9.37. The first-order valence-corrected chi connectivity index (χ1v) is 4.51. The van der Waals surface area contributed by atoms with Crippen LogP contribution in [0, 0.1) is 5.82 Å². The number of benzene rings is 1. The largest absolute Gasteiger partial charge is 0.385 e. The second kappa shape index (κ2) is 3.19. The Kier molecular flexibility index (Phi) is 2.13. The van der Waals surface area contributed by atoms with Crippen molar-refractivity contribution in [1.82, 2.24) is 0 Å². The Morgan fingerprint density at radius 1 is 1.29 bits per heavy atom. The van der Waals surface area contributed by atoms with E-state index in [-0.39, 0.29) is 17.7 Å². The van der Waals surface area contributed by atoms with Gasteiger partial charge < -0.3 is 5.32 Å². The van der Waals surface area contributed by atoms with Gasteiger partial charge in [-0.15, -0.1) is 0 Å². The molecule has 0 radical (unpaired) electrons. The molecule has 76 valence electrons. The van der Waals surface area contributed by atoms with E-state index in [9.17, 15) is 13.2 Å². The predicted molar refractivity (Wildman–Crippen MR) is 48.0 cm³/mol. The lowest BCUT2D eigenvalue weighted by molar-refractivity contribution is -0.0121. The summed E-state index contributed by atoms with van der Waals surface area (Å²) in [5, 5.41) is 2.80. The average molecular weight is 201 g/mol. The van der Waals surface area contributed by atoms with Gasteiger partial charge in [0, 0.05) is 24.2 Å². The molecule has 0 saturated carbocycles. The second-order valence-electron chi connectivity index (χ2n) is 3.42. The van der Waals surface area contributed by atoms with E-state index in [0.29, 0.717) is 13.0 Å². The van der Waals surface area contributed by atoms with Gasteiger partial charge in [-0.25, -0.2) is 13.2 Å². The van der Waals surface area contributed by atoms with E-state index in [4.69, 9.17) is 0 Å². The molecule has 1 aliphatic rings. The SMILES string of the molecule is Fc1ccc2c(c1)NCCCC2(F)F. The van der Waals surface area contributed by atoms with Crippen LogP contribution in [0.2, 0.25) is 0 Å². The number of halogens is 3. The highest BCUT2D eigenvalue weighted by Gasteiger charge is 2.35. The van der Waals surface area contributed by atoms with Gasteiger partial charge in [0.05, 0.1) is 0 Å². The summed E-state index contributed by atoms with van der Waals surface area (Å²) >= 11 is 0. The number of rotatable bonds is 0. The Balaban J connectivity index is 2.50. The minimum atomic E-state index is -2.84. The first-order valence-electron chi connectivity index (χ1n) is 4.51. The molecule has 14 heavy (non-hydrogen) atoms. The van der Waals surface area contributed by atoms with Gasteiger partial charge >= 0.3 is 0 Å². The maximum Gasteiger partial charge on any atom is 0.275 e. The molecule has 1 aromatic rings. The molecule has 0 amide bonds. The number of hydrogen-bond donors (Lipinski definition) is 1. The van der Waals surface area contributed by atoms with E-state index in [1.807, 2.05) is 0 Å². The van der Waals surface area contributed by atoms with Crippen LogP contribution in [-0.2, 0) is 5.92 Å². The van der Waals surface area contributed by atoms with Crippen LogP contribution in [0.5, 0.6) is 0 Å². The molecule has 1 heterocycles. The third-order valence-electron chi connectivity index (χ3n) is 2.36. The van der Waals surface area contributed by atoms with Gasteiger partial charge in [-0.2, -0.15) is 0 Å². The molecule has 0 fully saturated rings. The normalized spacial score (nSPS) is 19.4. The molecule has 1 N–H and O–H groups in total. The zero-order chi connectivity index (χ0) is 10.2. The fourth-order valence-electron chi connectivity index (χ4n) is 1.65. The fraction of sp³-hybridized carbons (Fsp3) is 0.400. The summed E-state index contributed by atoms with van der Waals surface area (Å²) in [6.45, 7) is 0.464. The molecule has 0 saturated heterocycles. The number of nitrogens with one attached hydrogen (secondary N) is 1. The zero-order valence-electron chi connectivity index (χ0n) is 7.49. The molecule has 0 aromatic heterocycles. The van der Waals surface area contributed by atoms with Crippen molar-refractivity contribution < 1.29 is 13.2 Å². The van der Waals surface area contributed by atoms with E-state index < -0.39 is 11.7 Å². The second-order valence-corrected chi connectivity index (χ2v) is 3.42. The highest BCUT2D eigenvalue weighted by molar-refractivity contribution is 5.54. The van der Waals surface area contributed by atoms with Crippen LogP contribution in [0.1, 0.15) is 18.4 Å². The lowest BCUT2D eigenvalue weighted by Crippen LogP contribution is -2.12. The van der Waals surface area contributed by atoms with Crippen LogP contribution in [0.15, 0.2) is 18.2 Å². The fourth-order valence-corrected chi connectivity index (χ4v) is 1.65. The van der Waals surface area contributed by atoms with Crippen molar-refractivity contribution in [3.05, 3.63) is 29.6 Å². The lowest BCUT2D eigenvalue weighted by Gasteiger charge is -2.16. The van der Waals surface area contributed by atoms with Crippen molar-refractivity contribution in [2.75, 3.05) is 11.9 Å². The number of anilines is 1. The van der Waals surface area contributed by atoms with E-state index in [1.54, 1.807) is 0 Å². The summed E-state index contributed by atoms with van der Waals surface area (Å²) < 4.78 is 39.6. The number of hydrogen-bond acceptors (Lipinski definition) is 1. The first-order chi connectivity index (χ1) is 6.59. The zero-order valence-corrected chi connectivity index (χ0v) is 7.49. The molecule has 1 aromatic carbocycles. The van der Waals surface area contributed by atoms with Crippen LogP contribution in [0.25, 0.3) is 0 Å². The van der Waals surface area contributed by atoms with E-state index in [1.165, 1.54) is 0 Å². The van der Waals surface area contributed by atoms with Crippen LogP contribution in [-0.4, -0.2) is 6.54 Å². The molecule has 0 spiro atoms. The molecule has 4 heteroatoms. The van der Waals surface area contributed by atoms with Gasteiger partial charge in [0.25, 0.3) is 5.92 Å². The molecule has 1 nitrogen and oxygen atoms in total. The van der Waals surface area contributed by atoms with Gasteiger partial charge in [0.1, 0.15) is 5.82 Å².